The number of hydrogen-bond donors (Lipinski definition) is 5. The summed E-state index contributed by atoms with van der Waals surface area (Å²) in [4.78, 5) is 24.4. The zero-order valence-corrected chi connectivity index (χ0v) is 14.5. The van der Waals surface area contributed by atoms with Crippen LogP contribution in [0, 0.1) is 0 Å². The summed E-state index contributed by atoms with van der Waals surface area (Å²) in [5, 5.41) is 34.5. The van der Waals surface area contributed by atoms with Crippen LogP contribution in [-0.4, -0.2) is 71.6 Å². The van der Waals surface area contributed by atoms with Crippen LogP contribution in [0.4, 0.5) is 0 Å². The third kappa shape index (κ3) is 3.59. The largest absolute Gasteiger partial charge is 0.497 e. The van der Waals surface area contributed by atoms with Gasteiger partial charge in [-0.3, -0.25) is 9.59 Å². The van der Waals surface area contributed by atoms with Gasteiger partial charge in [-0.05, 0) is 23.8 Å². The number of carbonyl (C=O) groups excluding carboxylic acids is 2. The van der Waals surface area contributed by atoms with Crippen molar-refractivity contribution in [3.63, 3.8) is 0 Å². The highest BCUT2D eigenvalue weighted by atomic mass is 16.5. The predicted octanol–water partition coefficient (Wildman–Crippen LogP) is -1.07. The Morgan fingerprint density at radius 2 is 2.04 bits per heavy atom. The number of benzene rings is 1. The number of hydrogen-bond acceptors (Lipinski definition) is 7. The van der Waals surface area contributed by atoms with E-state index in [0.29, 0.717) is 11.3 Å². The van der Waals surface area contributed by atoms with Crippen molar-refractivity contribution in [1.82, 2.24) is 10.6 Å². The summed E-state index contributed by atoms with van der Waals surface area (Å²) in [5.41, 5.74) is 1.45. The van der Waals surface area contributed by atoms with E-state index in [-0.39, 0.29) is 43.6 Å². The van der Waals surface area contributed by atoms with Gasteiger partial charge in [0, 0.05) is 30.9 Å². The van der Waals surface area contributed by atoms with Crippen molar-refractivity contribution in [2.45, 2.75) is 43.1 Å². The number of aliphatic hydroxyl groups excluding tert-OH is 3. The van der Waals surface area contributed by atoms with E-state index in [4.69, 9.17) is 9.84 Å². The summed E-state index contributed by atoms with van der Waals surface area (Å²) in [6.07, 6.45) is -1.70. The minimum absolute atomic E-state index is 0.0160. The van der Waals surface area contributed by atoms with Gasteiger partial charge in [0.15, 0.2) is 5.78 Å². The molecule has 1 heterocycles. The maximum atomic E-state index is 12.3. The zero-order valence-electron chi connectivity index (χ0n) is 14.5. The number of aliphatic hydroxyl groups is 3. The summed E-state index contributed by atoms with van der Waals surface area (Å²) in [6, 6.07) is 4.10. The zero-order chi connectivity index (χ0) is 18.8. The van der Waals surface area contributed by atoms with Gasteiger partial charge in [-0.25, -0.2) is 0 Å². The van der Waals surface area contributed by atoms with E-state index in [0.717, 1.165) is 5.56 Å². The first-order valence-electron chi connectivity index (χ1n) is 8.65. The van der Waals surface area contributed by atoms with Gasteiger partial charge in [0.25, 0.3) is 0 Å². The average Bonchev–Trinajstić information content (AvgIpc) is 3.10. The molecule has 8 nitrogen and oxygen atoms in total. The standard InChI is InChI=1S/C18H24N2O6/c1-26-10-2-3-11-12(6-10)9(4-15(11)22)5-16(23)19-7-13-17(24)18(25)14(8-21)20-13/h2-3,6,9,13-14,17-18,20-21,24-25H,4-5,7-8H2,1H3,(H,19,23)/t9?,13-,14+,17+,18-/m0/s1. The number of amides is 1. The van der Waals surface area contributed by atoms with Crippen LogP contribution < -0.4 is 15.4 Å². The van der Waals surface area contributed by atoms with E-state index >= 15 is 0 Å². The van der Waals surface area contributed by atoms with Crippen LogP contribution in [0.5, 0.6) is 5.75 Å². The first kappa shape index (κ1) is 18.8. The van der Waals surface area contributed by atoms with E-state index in [9.17, 15) is 19.8 Å². The number of rotatable bonds is 6. The number of nitrogens with one attached hydrogen (secondary N) is 2. The van der Waals surface area contributed by atoms with E-state index < -0.39 is 24.3 Å². The Kier molecular flexibility index (Phi) is 5.57. The molecule has 1 fully saturated rings. The molecule has 0 saturated carbocycles. The Labute approximate surface area is 151 Å². The molecule has 1 amide bonds. The Hall–Kier alpha value is -2.00. The average molecular weight is 364 g/mol. The Morgan fingerprint density at radius 1 is 1.31 bits per heavy atom. The van der Waals surface area contributed by atoms with Crippen molar-refractivity contribution in [3.05, 3.63) is 29.3 Å². The second kappa shape index (κ2) is 7.71. The second-order valence-electron chi connectivity index (χ2n) is 6.83. The van der Waals surface area contributed by atoms with Crippen LogP contribution in [0.25, 0.3) is 0 Å². The first-order chi connectivity index (χ1) is 12.4. The van der Waals surface area contributed by atoms with E-state index in [1.807, 2.05) is 0 Å². The molecule has 1 aliphatic carbocycles. The SMILES string of the molecule is COc1ccc2c(c1)C(CC(=O)NC[C@@H]1N[C@H](CO)[C@H](O)[C@@H]1O)CC2=O. The van der Waals surface area contributed by atoms with Gasteiger partial charge in [-0.2, -0.15) is 0 Å². The fraction of sp³-hybridized carbons (Fsp3) is 0.556. The van der Waals surface area contributed by atoms with E-state index in [2.05, 4.69) is 10.6 Å². The molecule has 0 aromatic heterocycles. The second-order valence-corrected chi connectivity index (χ2v) is 6.83. The van der Waals surface area contributed by atoms with Crippen LogP contribution in [0.2, 0.25) is 0 Å². The maximum Gasteiger partial charge on any atom is 0.220 e. The molecule has 1 aliphatic heterocycles. The summed E-state index contributed by atoms with van der Waals surface area (Å²) >= 11 is 0. The number of fused-ring (bicyclic) bond motifs is 1. The van der Waals surface area contributed by atoms with Crippen LogP contribution in [0.3, 0.4) is 0 Å². The molecule has 0 radical (unpaired) electrons. The molecule has 0 bridgehead atoms. The van der Waals surface area contributed by atoms with E-state index in [1.165, 1.54) is 0 Å². The lowest BCUT2D eigenvalue weighted by Crippen LogP contribution is -2.44. The van der Waals surface area contributed by atoms with Gasteiger partial charge >= 0.3 is 0 Å². The Balaban J connectivity index is 1.58. The van der Waals surface area contributed by atoms with Crippen LogP contribution in [0.15, 0.2) is 18.2 Å². The summed E-state index contributed by atoms with van der Waals surface area (Å²) in [6.45, 7) is -0.176. The summed E-state index contributed by atoms with van der Waals surface area (Å²) < 4.78 is 5.19. The maximum absolute atomic E-state index is 12.3. The van der Waals surface area contributed by atoms with Crippen molar-refractivity contribution in [2.75, 3.05) is 20.3 Å². The lowest BCUT2D eigenvalue weighted by Gasteiger charge is -2.17. The molecule has 1 unspecified atom stereocenters. The number of ketones is 1. The summed E-state index contributed by atoms with van der Waals surface area (Å²) in [7, 11) is 1.55. The van der Waals surface area contributed by atoms with Crippen molar-refractivity contribution in [3.8, 4) is 5.75 Å². The number of Topliss-reactive ketones (excluding diaryl/α,β-unsaturated/α-hetero) is 1. The van der Waals surface area contributed by atoms with Gasteiger partial charge in [-0.15, -0.1) is 0 Å². The van der Waals surface area contributed by atoms with Crippen LogP contribution >= 0.6 is 0 Å². The molecule has 3 rings (SSSR count). The molecule has 142 valence electrons. The van der Waals surface area contributed by atoms with Gasteiger partial charge < -0.3 is 30.7 Å². The number of methoxy groups -OCH3 is 1. The Morgan fingerprint density at radius 3 is 2.69 bits per heavy atom. The molecule has 2 aliphatic rings. The number of ether oxygens (including phenoxy) is 1. The van der Waals surface area contributed by atoms with Gasteiger partial charge in [0.1, 0.15) is 5.75 Å². The Bertz CT molecular complexity index is 694. The lowest BCUT2D eigenvalue weighted by molar-refractivity contribution is -0.121. The molecule has 26 heavy (non-hydrogen) atoms. The minimum atomic E-state index is -1.08. The highest BCUT2D eigenvalue weighted by molar-refractivity contribution is 6.02. The van der Waals surface area contributed by atoms with Crippen molar-refractivity contribution in [2.24, 2.45) is 0 Å². The smallest absolute Gasteiger partial charge is 0.220 e. The highest BCUT2D eigenvalue weighted by Gasteiger charge is 2.40. The summed E-state index contributed by atoms with van der Waals surface area (Å²) in [5.74, 6) is 0.215. The normalized spacial score (nSPS) is 30.3. The monoisotopic (exact) mass is 364 g/mol. The third-order valence-electron chi connectivity index (χ3n) is 5.18. The molecule has 8 heteroatoms. The van der Waals surface area contributed by atoms with Crippen LogP contribution in [0.1, 0.15) is 34.7 Å². The fourth-order valence-corrected chi connectivity index (χ4v) is 3.69. The highest BCUT2D eigenvalue weighted by Crippen LogP contribution is 2.37. The number of carbonyl (C=O) groups is 2. The van der Waals surface area contributed by atoms with Crippen molar-refractivity contribution in [1.29, 1.82) is 0 Å². The fourth-order valence-electron chi connectivity index (χ4n) is 3.69. The van der Waals surface area contributed by atoms with Gasteiger partial charge in [0.2, 0.25) is 5.91 Å². The topological polar surface area (TPSA) is 128 Å². The van der Waals surface area contributed by atoms with Crippen LogP contribution in [-0.2, 0) is 4.79 Å². The molecule has 5 N–H and O–H groups in total. The van der Waals surface area contributed by atoms with E-state index in [1.54, 1.807) is 25.3 Å². The first-order valence-corrected chi connectivity index (χ1v) is 8.65. The predicted molar refractivity (Wildman–Crippen MR) is 92.1 cm³/mol. The molecule has 0 spiro atoms. The quantitative estimate of drug-likeness (QED) is 0.435. The molecule has 1 aromatic rings. The van der Waals surface area contributed by atoms with Crippen molar-refractivity contribution < 1.29 is 29.6 Å². The third-order valence-corrected chi connectivity index (χ3v) is 5.18. The van der Waals surface area contributed by atoms with Gasteiger partial charge in [0.05, 0.1) is 38.0 Å². The van der Waals surface area contributed by atoms with Crippen molar-refractivity contribution >= 4 is 11.7 Å². The molecule has 1 saturated heterocycles. The molecular formula is C18H24N2O6. The van der Waals surface area contributed by atoms with Gasteiger partial charge in [-0.1, -0.05) is 0 Å². The lowest BCUT2D eigenvalue weighted by atomic mass is 9.97. The minimum Gasteiger partial charge on any atom is -0.497 e. The molecule has 5 atom stereocenters. The molecule has 1 aromatic carbocycles. The molecular weight excluding hydrogens is 340 g/mol.